The molecule has 1 fully saturated rings. The van der Waals surface area contributed by atoms with Crippen molar-refractivity contribution in [3.8, 4) is 5.75 Å². The molecule has 1 aliphatic heterocycles. The van der Waals surface area contributed by atoms with Gasteiger partial charge in [-0.2, -0.15) is 4.31 Å². The molecule has 0 saturated carbocycles. The highest BCUT2D eigenvalue weighted by Crippen LogP contribution is 2.24. The van der Waals surface area contributed by atoms with E-state index in [1.165, 1.54) is 16.4 Å². The fraction of sp³-hybridized carbons (Fsp3) is 0.435. The molecular weight excluding hydrogens is 449 g/mol. The third-order valence-electron chi connectivity index (χ3n) is 5.62. The SMILES string of the molecule is Cc1ccc(NC(=O)[C@@H](C)N(C)CCOc2ccccc2F)cc1S(=O)(=O)N1CCOCC1. The number of sulfonamides is 1. The molecule has 0 spiro atoms. The van der Waals surface area contributed by atoms with E-state index in [4.69, 9.17) is 9.47 Å². The van der Waals surface area contributed by atoms with E-state index in [0.717, 1.165) is 0 Å². The number of carbonyl (C=O) groups is 1. The zero-order valence-corrected chi connectivity index (χ0v) is 19.9. The Labute approximate surface area is 194 Å². The number of benzene rings is 2. The number of morpholine rings is 1. The average Bonchev–Trinajstić information content (AvgIpc) is 2.81. The van der Waals surface area contributed by atoms with Crippen LogP contribution in [0.1, 0.15) is 12.5 Å². The zero-order chi connectivity index (χ0) is 24.0. The monoisotopic (exact) mass is 479 g/mol. The van der Waals surface area contributed by atoms with Crippen molar-refractivity contribution in [3.05, 3.63) is 53.8 Å². The summed E-state index contributed by atoms with van der Waals surface area (Å²) in [4.78, 5) is 14.7. The van der Waals surface area contributed by atoms with Crippen molar-refractivity contribution < 1.29 is 27.1 Å². The first-order chi connectivity index (χ1) is 15.7. The highest BCUT2D eigenvalue weighted by atomic mass is 32.2. The Morgan fingerprint density at radius 2 is 1.94 bits per heavy atom. The van der Waals surface area contributed by atoms with Gasteiger partial charge in [0.05, 0.1) is 24.2 Å². The van der Waals surface area contributed by atoms with Gasteiger partial charge in [-0.15, -0.1) is 0 Å². The Morgan fingerprint density at radius 3 is 2.64 bits per heavy atom. The Hall–Kier alpha value is -2.53. The number of aryl methyl sites for hydroxylation is 1. The molecule has 2 aromatic carbocycles. The standard InChI is InChI=1S/C23H30FN3O5S/c1-17-8-9-19(16-22(17)33(29,30)27-11-13-31-14-12-27)25-23(28)18(2)26(3)10-15-32-21-7-5-4-6-20(21)24/h4-9,16,18H,10-15H2,1-3H3,(H,25,28)/t18-/m1/s1. The first-order valence-electron chi connectivity index (χ1n) is 10.8. The van der Waals surface area contributed by atoms with Crippen molar-refractivity contribution in [2.24, 2.45) is 0 Å². The lowest BCUT2D eigenvalue weighted by molar-refractivity contribution is -0.120. The number of rotatable bonds is 9. The maximum Gasteiger partial charge on any atom is 0.243 e. The number of hydrogen-bond donors (Lipinski definition) is 1. The lowest BCUT2D eigenvalue weighted by atomic mass is 10.2. The van der Waals surface area contributed by atoms with Crippen molar-refractivity contribution in [1.82, 2.24) is 9.21 Å². The fourth-order valence-electron chi connectivity index (χ4n) is 3.38. The normalized spacial score (nSPS) is 15.9. The molecule has 0 unspecified atom stereocenters. The molecule has 10 heteroatoms. The first-order valence-corrected chi connectivity index (χ1v) is 12.2. The van der Waals surface area contributed by atoms with Gasteiger partial charge in [-0.05, 0) is 50.7 Å². The summed E-state index contributed by atoms with van der Waals surface area (Å²) < 4.78 is 51.9. The van der Waals surface area contributed by atoms with Crippen LogP contribution in [0.2, 0.25) is 0 Å². The number of likely N-dealkylation sites (N-methyl/N-ethyl adjacent to an activating group) is 1. The van der Waals surface area contributed by atoms with E-state index in [2.05, 4.69) is 5.32 Å². The van der Waals surface area contributed by atoms with E-state index in [0.29, 0.717) is 44.1 Å². The van der Waals surface area contributed by atoms with Gasteiger partial charge in [0.15, 0.2) is 11.6 Å². The van der Waals surface area contributed by atoms with Crippen molar-refractivity contribution >= 4 is 21.6 Å². The van der Waals surface area contributed by atoms with E-state index in [1.807, 2.05) is 0 Å². The second kappa shape index (κ2) is 11.1. The van der Waals surface area contributed by atoms with E-state index in [9.17, 15) is 17.6 Å². The molecule has 2 aromatic rings. The van der Waals surface area contributed by atoms with E-state index in [-0.39, 0.29) is 23.2 Å². The Morgan fingerprint density at radius 1 is 1.24 bits per heavy atom. The summed E-state index contributed by atoms with van der Waals surface area (Å²) in [5, 5.41) is 2.79. The van der Waals surface area contributed by atoms with Gasteiger partial charge < -0.3 is 14.8 Å². The Balaban J connectivity index is 1.61. The van der Waals surface area contributed by atoms with Crippen LogP contribution >= 0.6 is 0 Å². The first kappa shape index (κ1) is 25.1. The maximum atomic E-state index is 13.7. The number of anilines is 1. The fourth-order valence-corrected chi connectivity index (χ4v) is 5.04. The van der Waals surface area contributed by atoms with E-state index >= 15 is 0 Å². The van der Waals surface area contributed by atoms with Crippen molar-refractivity contribution in [2.75, 3.05) is 51.8 Å². The number of halogens is 1. The predicted octanol–water partition coefficient (Wildman–Crippen LogP) is 2.49. The quantitative estimate of drug-likeness (QED) is 0.595. The summed E-state index contributed by atoms with van der Waals surface area (Å²) >= 11 is 0. The minimum absolute atomic E-state index is 0.164. The molecule has 180 valence electrons. The van der Waals surface area contributed by atoms with Crippen LogP contribution in [0.25, 0.3) is 0 Å². The number of nitrogens with one attached hydrogen (secondary N) is 1. The lowest BCUT2D eigenvalue weighted by Gasteiger charge is -2.27. The van der Waals surface area contributed by atoms with E-state index < -0.39 is 21.9 Å². The number of ether oxygens (including phenoxy) is 2. The molecule has 1 amide bonds. The molecule has 8 nitrogen and oxygen atoms in total. The summed E-state index contributed by atoms with van der Waals surface area (Å²) in [7, 11) is -1.92. The largest absolute Gasteiger partial charge is 0.489 e. The van der Waals surface area contributed by atoms with Crippen LogP contribution in [0.4, 0.5) is 10.1 Å². The number of carbonyl (C=O) groups excluding carboxylic acids is 1. The molecule has 1 N–H and O–H groups in total. The molecule has 33 heavy (non-hydrogen) atoms. The lowest BCUT2D eigenvalue weighted by Crippen LogP contribution is -2.41. The Bertz CT molecular complexity index is 1070. The minimum atomic E-state index is -3.69. The molecule has 1 aliphatic rings. The van der Waals surface area contributed by atoms with Gasteiger partial charge in [-0.1, -0.05) is 18.2 Å². The van der Waals surface area contributed by atoms with Gasteiger partial charge in [-0.3, -0.25) is 9.69 Å². The Kier molecular flexibility index (Phi) is 8.41. The number of nitrogens with zero attached hydrogens (tertiary/aromatic N) is 2. The molecule has 1 saturated heterocycles. The molecular formula is C23H30FN3O5S. The van der Waals surface area contributed by atoms with Gasteiger partial charge >= 0.3 is 0 Å². The van der Waals surface area contributed by atoms with Gasteiger partial charge in [0.1, 0.15) is 6.61 Å². The topological polar surface area (TPSA) is 88.2 Å². The summed E-state index contributed by atoms with van der Waals surface area (Å²) in [5.41, 5.74) is 1.01. The second-order valence-electron chi connectivity index (χ2n) is 7.92. The zero-order valence-electron chi connectivity index (χ0n) is 19.1. The summed E-state index contributed by atoms with van der Waals surface area (Å²) in [6.45, 7) is 5.39. The minimum Gasteiger partial charge on any atom is -0.489 e. The predicted molar refractivity (Wildman–Crippen MR) is 123 cm³/mol. The van der Waals surface area contributed by atoms with Gasteiger partial charge in [0.25, 0.3) is 0 Å². The highest BCUT2D eigenvalue weighted by Gasteiger charge is 2.28. The van der Waals surface area contributed by atoms with Gasteiger partial charge in [0.2, 0.25) is 15.9 Å². The third-order valence-corrected chi connectivity index (χ3v) is 7.66. The molecule has 0 aliphatic carbocycles. The molecule has 3 rings (SSSR count). The average molecular weight is 480 g/mol. The van der Waals surface area contributed by atoms with Gasteiger partial charge in [0, 0.05) is 25.3 Å². The van der Waals surface area contributed by atoms with Crippen molar-refractivity contribution in [1.29, 1.82) is 0 Å². The summed E-state index contributed by atoms with van der Waals surface area (Å²) in [6, 6.07) is 10.5. The summed E-state index contributed by atoms with van der Waals surface area (Å²) in [5.74, 6) is -0.563. The number of para-hydroxylation sites is 1. The van der Waals surface area contributed by atoms with Gasteiger partial charge in [-0.25, -0.2) is 12.8 Å². The maximum absolute atomic E-state index is 13.7. The molecule has 0 aromatic heterocycles. The van der Waals surface area contributed by atoms with Crippen LogP contribution < -0.4 is 10.1 Å². The third kappa shape index (κ3) is 6.29. The van der Waals surface area contributed by atoms with Crippen LogP contribution in [0.3, 0.4) is 0 Å². The van der Waals surface area contributed by atoms with E-state index in [1.54, 1.807) is 56.1 Å². The van der Waals surface area contributed by atoms with Crippen LogP contribution in [-0.2, 0) is 19.6 Å². The molecule has 0 bridgehead atoms. The second-order valence-corrected chi connectivity index (χ2v) is 9.83. The molecule has 1 heterocycles. The molecule has 1 atom stereocenters. The number of hydrogen-bond acceptors (Lipinski definition) is 6. The van der Waals surface area contributed by atoms with Crippen molar-refractivity contribution in [2.45, 2.75) is 24.8 Å². The summed E-state index contributed by atoms with van der Waals surface area (Å²) in [6.07, 6.45) is 0. The highest BCUT2D eigenvalue weighted by molar-refractivity contribution is 7.89. The van der Waals surface area contributed by atoms with Crippen LogP contribution in [0.15, 0.2) is 47.4 Å². The number of amides is 1. The van der Waals surface area contributed by atoms with Crippen LogP contribution in [-0.4, -0.2) is 76.1 Å². The van der Waals surface area contributed by atoms with Crippen LogP contribution in [0, 0.1) is 12.7 Å². The van der Waals surface area contributed by atoms with Crippen LogP contribution in [0.5, 0.6) is 5.75 Å². The molecule has 0 radical (unpaired) electrons. The smallest absolute Gasteiger partial charge is 0.243 e. The van der Waals surface area contributed by atoms with Crippen molar-refractivity contribution in [3.63, 3.8) is 0 Å².